The molecule has 4 nitrogen and oxygen atoms in total. The van der Waals surface area contributed by atoms with Gasteiger partial charge in [0.25, 0.3) is 0 Å². The average Bonchev–Trinajstić information content (AvgIpc) is 2.57. The number of carboxylic acids is 1. The highest BCUT2D eigenvalue weighted by Crippen LogP contribution is 2.26. The molecule has 19 heavy (non-hydrogen) atoms. The standard InChI is InChI=1S/C14H19ClN2O2/c1-9-5-3-2-4-6-11(9)16-12-8-7-10(15)13(17-12)14(18)19/h7-9,11H,2-6H2,1H3,(H,16,17)(H,18,19). The van der Waals surface area contributed by atoms with Gasteiger partial charge >= 0.3 is 5.97 Å². The summed E-state index contributed by atoms with van der Waals surface area (Å²) in [5.74, 6) is 0.0800. The Morgan fingerprint density at radius 1 is 1.37 bits per heavy atom. The van der Waals surface area contributed by atoms with Crippen molar-refractivity contribution in [2.75, 3.05) is 5.32 Å². The van der Waals surface area contributed by atoms with E-state index in [1.165, 1.54) is 25.7 Å². The summed E-state index contributed by atoms with van der Waals surface area (Å²) in [5.41, 5.74) is -0.0899. The second-order valence-electron chi connectivity index (χ2n) is 5.20. The number of halogens is 1. The van der Waals surface area contributed by atoms with E-state index in [2.05, 4.69) is 17.2 Å². The molecule has 104 valence electrons. The first-order valence-electron chi connectivity index (χ1n) is 6.74. The van der Waals surface area contributed by atoms with Crippen molar-refractivity contribution in [2.45, 2.75) is 45.1 Å². The molecule has 1 fully saturated rings. The normalized spacial score (nSPS) is 23.7. The van der Waals surface area contributed by atoms with Crippen LogP contribution in [0.25, 0.3) is 0 Å². The number of nitrogens with zero attached hydrogens (tertiary/aromatic N) is 1. The van der Waals surface area contributed by atoms with Gasteiger partial charge in [0.1, 0.15) is 5.82 Å². The minimum Gasteiger partial charge on any atom is -0.476 e. The van der Waals surface area contributed by atoms with Crippen molar-refractivity contribution in [3.05, 3.63) is 22.8 Å². The van der Waals surface area contributed by atoms with Crippen LogP contribution >= 0.6 is 11.6 Å². The average molecular weight is 283 g/mol. The van der Waals surface area contributed by atoms with Gasteiger partial charge in [-0.2, -0.15) is 0 Å². The SMILES string of the molecule is CC1CCCCCC1Nc1ccc(Cl)c(C(=O)O)n1. The van der Waals surface area contributed by atoms with Crippen LogP contribution in [0.2, 0.25) is 5.02 Å². The van der Waals surface area contributed by atoms with Gasteiger partial charge < -0.3 is 10.4 Å². The van der Waals surface area contributed by atoms with Gasteiger partial charge in [0.15, 0.2) is 5.69 Å². The van der Waals surface area contributed by atoms with E-state index in [1.54, 1.807) is 12.1 Å². The lowest BCUT2D eigenvalue weighted by Gasteiger charge is -2.23. The molecule has 1 saturated carbocycles. The molecule has 2 rings (SSSR count). The predicted molar refractivity (Wildman–Crippen MR) is 75.9 cm³/mol. The first-order chi connectivity index (χ1) is 9.08. The number of nitrogens with one attached hydrogen (secondary N) is 1. The summed E-state index contributed by atoms with van der Waals surface area (Å²) in [6, 6.07) is 3.69. The zero-order valence-corrected chi connectivity index (χ0v) is 11.8. The number of aromatic nitrogens is 1. The minimum absolute atomic E-state index is 0.0899. The molecule has 1 aliphatic carbocycles. The maximum absolute atomic E-state index is 11.0. The monoisotopic (exact) mass is 282 g/mol. The molecule has 2 N–H and O–H groups in total. The van der Waals surface area contributed by atoms with Crippen LogP contribution < -0.4 is 5.32 Å². The van der Waals surface area contributed by atoms with Crippen LogP contribution in [-0.4, -0.2) is 22.1 Å². The third kappa shape index (κ3) is 3.60. The zero-order chi connectivity index (χ0) is 13.8. The number of hydrogen-bond donors (Lipinski definition) is 2. The third-order valence-electron chi connectivity index (χ3n) is 3.74. The first kappa shape index (κ1) is 14.1. The molecule has 0 saturated heterocycles. The zero-order valence-electron chi connectivity index (χ0n) is 11.0. The van der Waals surface area contributed by atoms with Gasteiger partial charge in [0.2, 0.25) is 0 Å². The molecule has 1 aromatic rings. The van der Waals surface area contributed by atoms with Crippen molar-refractivity contribution in [3.63, 3.8) is 0 Å². The first-order valence-corrected chi connectivity index (χ1v) is 7.12. The van der Waals surface area contributed by atoms with Gasteiger partial charge in [-0.25, -0.2) is 9.78 Å². The predicted octanol–water partition coefficient (Wildman–Crippen LogP) is 3.81. The highest BCUT2D eigenvalue weighted by molar-refractivity contribution is 6.33. The molecule has 5 heteroatoms. The molecule has 1 aliphatic rings. The maximum atomic E-state index is 11.0. The largest absolute Gasteiger partial charge is 0.476 e. The Labute approximate surface area is 118 Å². The Balaban J connectivity index is 2.13. The van der Waals surface area contributed by atoms with Gasteiger partial charge in [-0.1, -0.05) is 37.8 Å². The van der Waals surface area contributed by atoms with Crippen molar-refractivity contribution >= 4 is 23.4 Å². The van der Waals surface area contributed by atoms with E-state index in [0.29, 0.717) is 17.8 Å². The minimum atomic E-state index is -1.09. The number of pyridine rings is 1. The molecule has 2 unspecified atom stereocenters. The van der Waals surface area contributed by atoms with Crippen molar-refractivity contribution in [1.29, 1.82) is 0 Å². The molecule has 1 heterocycles. The van der Waals surface area contributed by atoms with Crippen LogP contribution in [0.3, 0.4) is 0 Å². The van der Waals surface area contributed by atoms with E-state index in [0.717, 1.165) is 6.42 Å². The summed E-state index contributed by atoms with van der Waals surface area (Å²) in [7, 11) is 0. The molecule has 0 aliphatic heterocycles. The Morgan fingerprint density at radius 2 is 2.11 bits per heavy atom. The summed E-state index contributed by atoms with van der Waals surface area (Å²) in [5, 5.41) is 12.6. The van der Waals surface area contributed by atoms with Crippen molar-refractivity contribution in [1.82, 2.24) is 4.98 Å². The van der Waals surface area contributed by atoms with Crippen LogP contribution in [0.15, 0.2) is 12.1 Å². The Kier molecular flexibility index (Phi) is 4.64. The van der Waals surface area contributed by atoms with E-state index >= 15 is 0 Å². The quantitative estimate of drug-likeness (QED) is 0.828. The smallest absolute Gasteiger partial charge is 0.356 e. The summed E-state index contributed by atoms with van der Waals surface area (Å²) >= 11 is 5.82. The second kappa shape index (κ2) is 6.24. The maximum Gasteiger partial charge on any atom is 0.356 e. The van der Waals surface area contributed by atoms with Gasteiger partial charge in [-0.05, 0) is 30.9 Å². The number of rotatable bonds is 3. The van der Waals surface area contributed by atoms with Gasteiger partial charge in [-0.3, -0.25) is 0 Å². The van der Waals surface area contributed by atoms with Crippen molar-refractivity contribution < 1.29 is 9.90 Å². The number of anilines is 1. The van der Waals surface area contributed by atoms with E-state index in [-0.39, 0.29) is 10.7 Å². The molecule has 0 amide bonds. The van der Waals surface area contributed by atoms with Crippen LogP contribution in [0.5, 0.6) is 0 Å². The summed E-state index contributed by atoms with van der Waals surface area (Å²) < 4.78 is 0. The molecule has 1 aromatic heterocycles. The highest BCUT2D eigenvalue weighted by Gasteiger charge is 2.20. The molecule has 2 atom stereocenters. The summed E-state index contributed by atoms with van der Waals surface area (Å²) in [6.07, 6.45) is 6.07. The van der Waals surface area contributed by atoms with Crippen molar-refractivity contribution in [3.8, 4) is 0 Å². The molecule has 0 aromatic carbocycles. The van der Waals surface area contributed by atoms with E-state index in [1.807, 2.05) is 0 Å². The lowest BCUT2D eigenvalue weighted by Crippen LogP contribution is -2.27. The lowest BCUT2D eigenvalue weighted by molar-refractivity contribution is 0.0691. The second-order valence-corrected chi connectivity index (χ2v) is 5.61. The lowest BCUT2D eigenvalue weighted by atomic mass is 9.97. The molecule has 0 radical (unpaired) electrons. The van der Waals surface area contributed by atoms with Crippen LogP contribution in [0.4, 0.5) is 5.82 Å². The third-order valence-corrected chi connectivity index (χ3v) is 4.05. The van der Waals surface area contributed by atoms with Crippen LogP contribution in [-0.2, 0) is 0 Å². The fraction of sp³-hybridized carbons (Fsp3) is 0.571. The van der Waals surface area contributed by atoms with Crippen LogP contribution in [0.1, 0.15) is 49.5 Å². The van der Waals surface area contributed by atoms with Gasteiger partial charge in [0.05, 0.1) is 5.02 Å². The molecular weight excluding hydrogens is 264 g/mol. The van der Waals surface area contributed by atoms with E-state index in [9.17, 15) is 4.79 Å². The summed E-state index contributed by atoms with van der Waals surface area (Å²) in [4.78, 5) is 15.1. The molecular formula is C14H19ClN2O2. The van der Waals surface area contributed by atoms with Crippen molar-refractivity contribution in [2.24, 2.45) is 5.92 Å². The fourth-order valence-electron chi connectivity index (χ4n) is 2.57. The van der Waals surface area contributed by atoms with E-state index in [4.69, 9.17) is 16.7 Å². The number of carboxylic acid groups (broad SMARTS) is 1. The number of hydrogen-bond acceptors (Lipinski definition) is 3. The Morgan fingerprint density at radius 3 is 2.84 bits per heavy atom. The highest BCUT2D eigenvalue weighted by atomic mass is 35.5. The van der Waals surface area contributed by atoms with E-state index < -0.39 is 5.97 Å². The van der Waals surface area contributed by atoms with Gasteiger partial charge in [-0.15, -0.1) is 0 Å². The Hall–Kier alpha value is -1.29. The molecule has 0 spiro atoms. The van der Waals surface area contributed by atoms with Crippen LogP contribution in [0, 0.1) is 5.92 Å². The number of aromatic carboxylic acids is 1. The summed E-state index contributed by atoms with van der Waals surface area (Å²) in [6.45, 7) is 2.23. The Bertz CT molecular complexity index is 465. The number of carbonyl (C=O) groups is 1. The molecule has 0 bridgehead atoms. The fourth-order valence-corrected chi connectivity index (χ4v) is 2.76. The van der Waals surface area contributed by atoms with Gasteiger partial charge in [0, 0.05) is 6.04 Å². The topological polar surface area (TPSA) is 62.2 Å².